The first kappa shape index (κ1) is 31.6. The molecule has 0 amide bonds. The minimum atomic E-state index is -3.90. The van der Waals surface area contributed by atoms with Gasteiger partial charge in [0.2, 0.25) is 0 Å². The molecule has 4 aromatic carbocycles. The average molecular weight is 623 g/mol. The molecule has 224 valence electrons. The summed E-state index contributed by atoms with van der Waals surface area (Å²) >= 11 is 5.91. The molecule has 0 heterocycles. The third kappa shape index (κ3) is 9.05. The highest BCUT2D eigenvalue weighted by Gasteiger charge is 2.18. The SMILES string of the molecule is COc1ccc(CC(=O)O)cc1-c1ccc(NS(=O)(=O)c2ccc(Cl)cc2)cc1CNCCC(=O)OCc1ccccc1. The van der Waals surface area contributed by atoms with Crippen LogP contribution in [-0.4, -0.2) is 39.1 Å². The maximum Gasteiger partial charge on any atom is 0.307 e. The number of halogens is 1. The summed E-state index contributed by atoms with van der Waals surface area (Å²) in [6, 6.07) is 25.4. The number of ether oxygens (including phenoxy) is 2. The molecule has 0 fully saturated rings. The number of rotatable bonds is 14. The molecule has 11 heteroatoms. The van der Waals surface area contributed by atoms with Gasteiger partial charge in [-0.25, -0.2) is 8.42 Å². The van der Waals surface area contributed by atoms with Gasteiger partial charge < -0.3 is 19.9 Å². The Balaban J connectivity index is 1.55. The van der Waals surface area contributed by atoms with Gasteiger partial charge >= 0.3 is 11.9 Å². The zero-order chi connectivity index (χ0) is 30.8. The number of carbonyl (C=O) groups excluding carboxylic acids is 1. The zero-order valence-electron chi connectivity index (χ0n) is 23.4. The second kappa shape index (κ2) is 14.7. The van der Waals surface area contributed by atoms with Crippen molar-refractivity contribution in [2.24, 2.45) is 0 Å². The molecule has 0 saturated heterocycles. The summed E-state index contributed by atoms with van der Waals surface area (Å²) in [5.41, 5.74) is 3.84. The van der Waals surface area contributed by atoms with Crippen molar-refractivity contribution in [3.8, 4) is 16.9 Å². The Labute approximate surface area is 255 Å². The van der Waals surface area contributed by atoms with Crippen LogP contribution in [0, 0.1) is 0 Å². The number of nitrogens with one attached hydrogen (secondary N) is 2. The van der Waals surface area contributed by atoms with E-state index in [0.717, 1.165) is 5.56 Å². The Morgan fingerprint density at radius 3 is 2.33 bits per heavy atom. The average Bonchev–Trinajstić information content (AvgIpc) is 2.98. The number of carboxylic acid groups (broad SMARTS) is 1. The van der Waals surface area contributed by atoms with Crippen molar-refractivity contribution in [2.75, 3.05) is 18.4 Å². The minimum absolute atomic E-state index is 0.0534. The number of methoxy groups -OCH3 is 1. The fraction of sp³-hybridized carbons (Fsp3) is 0.188. The molecule has 4 aromatic rings. The quantitative estimate of drug-likeness (QED) is 0.121. The standard InChI is InChI=1S/C32H31ClN2O7S/c1-41-30-14-7-23(18-31(36)37)17-29(30)28-13-10-26(35-43(39,40)27-11-8-25(33)9-12-27)19-24(28)20-34-16-15-32(38)42-21-22-5-3-2-4-6-22/h2-14,17,19,34-35H,15-16,18,20-21H2,1H3,(H,36,37). The van der Waals surface area contributed by atoms with Crippen LogP contribution >= 0.6 is 11.6 Å². The lowest BCUT2D eigenvalue weighted by molar-refractivity contribution is -0.144. The van der Waals surface area contributed by atoms with E-state index in [1.807, 2.05) is 30.3 Å². The third-order valence-electron chi connectivity index (χ3n) is 6.45. The van der Waals surface area contributed by atoms with Crippen molar-refractivity contribution in [1.82, 2.24) is 5.32 Å². The number of anilines is 1. The first-order chi connectivity index (χ1) is 20.6. The van der Waals surface area contributed by atoms with E-state index in [-0.39, 0.29) is 36.9 Å². The van der Waals surface area contributed by atoms with Crippen LogP contribution in [0.3, 0.4) is 0 Å². The van der Waals surface area contributed by atoms with Crippen molar-refractivity contribution in [3.63, 3.8) is 0 Å². The van der Waals surface area contributed by atoms with E-state index in [0.29, 0.717) is 45.3 Å². The summed E-state index contributed by atoms with van der Waals surface area (Å²) in [6.07, 6.45) is -0.0445. The number of esters is 1. The summed E-state index contributed by atoms with van der Waals surface area (Å²) in [5, 5.41) is 12.9. The lowest BCUT2D eigenvalue weighted by Crippen LogP contribution is -2.20. The topological polar surface area (TPSA) is 131 Å². The van der Waals surface area contributed by atoms with Gasteiger partial charge in [0.15, 0.2) is 0 Å². The molecular weight excluding hydrogens is 592 g/mol. The van der Waals surface area contributed by atoms with Crippen molar-refractivity contribution in [3.05, 3.63) is 113 Å². The van der Waals surface area contributed by atoms with E-state index in [2.05, 4.69) is 10.0 Å². The number of hydrogen-bond donors (Lipinski definition) is 3. The number of carboxylic acids is 1. The summed E-state index contributed by atoms with van der Waals surface area (Å²) < 4.78 is 39.6. The summed E-state index contributed by atoms with van der Waals surface area (Å²) in [4.78, 5) is 23.7. The maximum atomic E-state index is 13.0. The van der Waals surface area contributed by atoms with E-state index in [9.17, 15) is 23.1 Å². The number of benzene rings is 4. The Hall–Kier alpha value is -4.38. The van der Waals surface area contributed by atoms with Crippen LogP contribution in [0.15, 0.2) is 95.9 Å². The van der Waals surface area contributed by atoms with Crippen molar-refractivity contribution < 1.29 is 32.6 Å². The molecule has 0 saturated carbocycles. The van der Waals surface area contributed by atoms with Gasteiger partial charge in [-0.2, -0.15) is 0 Å². The predicted octanol–water partition coefficient (Wildman–Crippen LogP) is 5.67. The van der Waals surface area contributed by atoms with Crippen LogP contribution in [0.2, 0.25) is 5.02 Å². The Kier molecular flexibility index (Phi) is 10.8. The Morgan fingerprint density at radius 2 is 1.63 bits per heavy atom. The van der Waals surface area contributed by atoms with Crippen LogP contribution in [0.25, 0.3) is 11.1 Å². The van der Waals surface area contributed by atoms with Gasteiger partial charge in [0.25, 0.3) is 10.0 Å². The van der Waals surface area contributed by atoms with Crippen molar-refractivity contribution in [1.29, 1.82) is 0 Å². The van der Waals surface area contributed by atoms with E-state index in [1.54, 1.807) is 36.4 Å². The molecule has 4 rings (SSSR count). The van der Waals surface area contributed by atoms with Crippen LogP contribution in [0.1, 0.15) is 23.1 Å². The molecule has 0 unspecified atom stereocenters. The van der Waals surface area contributed by atoms with Gasteiger partial charge in [-0.1, -0.05) is 54.1 Å². The Bertz CT molecular complexity index is 1680. The fourth-order valence-electron chi connectivity index (χ4n) is 4.37. The lowest BCUT2D eigenvalue weighted by atomic mass is 9.95. The van der Waals surface area contributed by atoms with Crippen LogP contribution in [-0.2, 0) is 43.9 Å². The molecule has 0 radical (unpaired) electrons. The molecule has 9 nitrogen and oxygen atoms in total. The number of hydrogen-bond acceptors (Lipinski definition) is 7. The Morgan fingerprint density at radius 1 is 0.884 bits per heavy atom. The third-order valence-corrected chi connectivity index (χ3v) is 8.10. The molecule has 0 aliphatic heterocycles. The van der Waals surface area contributed by atoms with Gasteiger partial charge in [0.1, 0.15) is 12.4 Å². The van der Waals surface area contributed by atoms with Gasteiger partial charge in [-0.15, -0.1) is 0 Å². The first-order valence-corrected chi connectivity index (χ1v) is 15.2. The first-order valence-electron chi connectivity index (χ1n) is 13.4. The number of sulfonamides is 1. The molecular formula is C32H31ClN2O7S. The second-order valence-electron chi connectivity index (χ2n) is 9.61. The smallest absolute Gasteiger partial charge is 0.307 e. The van der Waals surface area contributed by atoms with E-state index in [4.69, 9.17) is 21.1 Å². The second-order valence-corrected chi connectivity index (χ2v) is 11.7. The lowest BCUT2D eigenvalue weighted by Gasteiger charge is -2.17. The molecule has 43 heavy (non-hydrogen) atoms. The zero-order valence-corrected chi connectivity index (χ0v) is 25.0. The molecule has 0 bridgehead atoms. The molecule has 0 aliphatic rings. The highest BCUT2D eigenvalue weighted by atomic mass is 35.5. The van der Waals surface area contributed by atoms with Gasteiger partial charge in [0.05, 0.1) is 24.8 Å². The number of aliphatic carboxylic acids is 1. The highest BCUT2D eigenvalue weighted by Crippen LogP contribution is 2.35. The van der Waals surface area contributed by atoms with Gasteiger partial charge in [0, 0.05) is 29.4 Å². The van der Waals surface area contributed by atoms with E-state index >= 15 is 0 Å². The van der Waals surface area contributed by atoms with E-state index in [1.165, 1.54) is 31.4 Å². The minimum Gasteiger partial charge on any atom is -0.496 e. The van der Waals surface area contributed by atoms with Crippen molar-refractivity contribution >= 4 is 39.3 Å². The summed E-state index contributed by atoms with van der Waals surface area (Å²) in [6.45, 7) is 0.764. The largest absolute Gasteiger partial charge is 0.496 e. The fourth-order valence-corrected chi connectivity index (χ4v) is 5.54. The van der Waals surface area contributed by atoms with Gasteiger partial charge in [-0.3, -0.25) is 14.3 Å². The van der Waals surface area contributed by atoms with Crippen LogP contribution < -0.4 is 14.8 Å². The predicted molar refractivity (Wildman–Crippen MR) is 165 cm³/mol. The van der Waals surface area contributed by atoms with Crippen LogP contribution in [0.5, 0.6) is 5.75 Å². The van der Waals surface area contributed by atoms with Crippen LogP contribution in [0.4, 0.5) is 5.69 Å². The maximum absolute atomic E-state index is 13.0. The monoisotopic (exact) mass is 622 g/mol. The van der Waals surface area contributed by atoms with Crippen molar-refractivity contribution in [2.45, 2.75) is 30.9 Å². The normalized spacial score (nSPS) is 11.1. The molecule has 3 N–H and O–H groups in total. The molecule has 0 spiro atoms. The number of carbonyl (C=O) groups is 2. The summed E-state index contributed by atoms with van der Waals surface area (Å²) in [5.74, 6) is -0.803. The van der Waals surface area contributed by atoms with Gasteiger partial charge in [-0.05, 0) is 70.8 Å². The molecule has 0 atom stereocenters. The molecule has 0 aromatic heterocycles. The summed E-state index contributed by atoms with van der Waals surface area (Å²) in [7, 11) is -2.39. The highest BCUT2D eigenvalue weighted by molar-refractivity contribution is 7.92. The molecule has 0 aliphatic carbocycles. The van der Waals surface area contributed by atoms with E-state index < -0.39 is 16.0 Å².